The maximum atomic E-state index is 9.19. The van der Waals surface area contributed by atoms with Crippen LogP contribution in [0.2, 0.25) is 0 Å². The molecule has 17 heavy (non-hydrogen) atoms. The van der Waals surface area contributed by atoms with Crippen molar-refractivity contribution < 1.29 is 0 Å². The molecule has 3 rings (SSSR count). The van der Waals surface area contributed by atoms with E-state index in [0.29, 0.717) is 6.54 Å². The Morgan fingerprint density at radius 1 is 1.29 bits per heavy atom. The lowest BCUT2D eigenvalue weighted by molar-refractivity contribution is 0.610. The molecule has 1 aliphatic carbocycles. The molecule has 0 unspecified atom stereocenters. The molecule has 0 spiro atoms. The Bertz CT molecular complexity index is 561. The first-order chi connectivity index (χ1) is 8.34. The average Bonchev–Trinajstić information content (AvgIpc) is 3.04. The number of nitrogens with zero attached hydrogens (tertiary/aromatic N) is 4. The zero-order valence-corrected chi connectivity index (χ0v) is 9.37. The maximum absolute atomic E-state index is 9.19. The van der Waals surface area contributed by atoms with Crippen LogP contribution in [0.1, 0.15) is 24.2 Å². The van der Waals surface area contributed by atoms with Crippen molar-refractivity contribution >= 4 is 0 Å². The van der Waals surface area contributed by atoms with Gasteiger partial charge in [0.25, 0.3) is 0 Å². The van der Waals surface area contributed by atoms with Crippen molar-refractivity contribution in [2.45, 2.75) is 24.8 Å². The molecule has 4 heteroatoms. The Morgan fingerprint density at radius 3 is 2.71 bits per heavy atom. The van der Waals surface area contributed by atoms with E-state index in [1.807, 2.05) is 22.9 Å². The molecule has 0 radical (unpaired) electrons. The third-order valence-electron chi connectivity index (χ3n) is 3.18. The highest BCUT2D eigenvalue weighted by atomic mass is 15.3. The Balaban J connectivity index is 1.91. The van der Waals surface area contributed by atoms with Crippen LogP contribution in [0.15, 0.2) is 36.7 Å². The summed E-state index contributed by atoms with van der Waals surface area (Å²) in [6, 6.07) is 12.5. The van der Waals surface area contributed by atoms with E-state index in [1.165, 1.54) is 11.9 Å². The molecular weight excluding hydrogens is 212 g/mol. The van der Waals surface area contributed by atoms with E-state index >= 15 is 0 Å². The van der Waals surface area contributed by atoms with Crippen molar-refractivity contribution in [2.75, 3.05) is 0 Å². The molecule has 1 aromatic carbocycles. The van der Waals surface area contributed by atoms with Gasteiger partial charge in [0, 0.05) is 0 Å². The van der Waals surface area contributed by atoms with Crippen molar-refractivity contribution in [3.05, 3.63) is 48.0 Å². The zero-order valence-electron chi connectivity index (χ0n) is 9.37. The molecule has 1 saturated carbocycles. The highest BCUT2D eigenvalue weighted by Crippen LogP contribution is 2.46. The van der Waals surface area contributed by atoms with Gasteiger partial charge in [-0.15, -0.1) is 0 Å². The molecule has 4 nitrogen and oxygen atoms in total. The van der Waals surface area contributed by atoms with Crippen LogP contribution < -0.4 is 0 Å². The summed E-state index contributed by atoms with van der Waals surface area (Å²) in [5, 5.41) is 13.4. The highest BCUT2D eigenvalue weighted by molar-refractivity contribution is 5.30. The molecule has 0 saturated heterocycles. The summed E-state index contributed by atoms with van der Waals surface area (Å²) < 4.78 is 1.84. The predicted octanol–water partition coefficient (Wildman–Crippen LogP) is 1.88. The van der Waals surface area contributed by atoms with E-state index in [2.05, 4.69) is 28.3 Å². The van der Waals surface area contributed by atoms with E-state index in [9.17, 15) is 5.26 Å². The normalized spacial score (nSPS) is 16.4. The number of aromatic nitrogens is 3. The first-order valence-corrected chi connectivity index (χ1v) is 5.67. The second-order valence-electron chi connectivity index (χ2n) is 4.42. The fourth-order valence-electron chi connectivity index (χ4n) is 2.02. The lowest BCUT2D eigenvalue weighted by Crippen LogP contribution is -2.15. The summed E-state index contributed by atoms with van der Waals surface area (Å²) in [4.78, 5) is 4.25. The van der Waals surface area contributed by atoms with E-state index in [-0.39, 0.29) is 5.41 Å². The monoisotopic (exact) mass is 224 g/mol. The van der Waals surface area contributed by atoms with Gasteiger partial charge in [-0.05, 0) is 18.4 Å². The molecule has 1 aliphatic rings. The number of hydrogen-bond acceptors (Lipinski definition) is 3. The summed E-state index contributed by atoms with van der Waals surface area (Å²) in [5.41, 5.74) is 0.804. The van der Waals surface area contributed by atoms with Gasteiger partial charge in [0.05, 0.1) is 12.6 Å². The van der Waals surface area contributed by atoms with Crippen LogP contribution in [0, 0.1) is 11.3 Å². The lowest BCUT2D eigenvalue weighted by atomic mass is 10.1. The molecule has 1 heterocycles. The van der Waals surface area contributed by atoms with Crippen molar-refractivity contribution in [2.24, 2.45) is 0 Å². The molecule has 1 aromatic heterocycles. The third kappa shape index (κ3) is 1.70. The lowest BCUT2D eigenvalue weighted by Gasteiger charge is -2.08. The van der Waals surface area contributed by atoms with E-state index in [0.717, 1.165) is 18.7 Å². The van der Waals surface area contributed by atoms with Gasteiger partial charge < -0.3 is 0 Å². The van der Waals surface area contributed by atoms with Crippen LogP contribution in [0.4, 0.5) is 0 Å². The Labute approximate surface area is 99.5 Å². The first-order valence-electron chi connectivity index (χ1n) is 5.67. The molecule has 2 aromatic rings. The van der Waals surface area contributed by atoms with Crippen molar-refractivity contribution in [3.8, 4) is 6.07 Å². The van der Waals surface area contributed by atoms with Crippen LogP contribution in [-0.2, 0) is 12.0 Å². The summed E-state index contributed by atoms with van der Waals surface area (Å²) in [6.07, 6.45) is 3.34. The van der Waals surface area contributed by atoms with Crippen molar-refractivity contribution in [3.63, 3.8) is 0 Å². The topological polar surface area (TPSA) is 54.5 Å². The fraction of sp³-hybridized carbons (Fsp3) is 0.308. The smallest absolute Gasteiger partial charge is 0.147 e. The molecular formula is C13H12N4. The average molecular weight is 224 g/mol. The summed E-state index contributed by atoms with van der Waals surface area (Å²) in [5.74, 6) is 0.809. The minimum absolute atomic E-state index is 0.370. The number of rotatable bonds is 3. The minimum atomic E-state index is -0.370. The number of hydrogen-bond donors (Lipinski definition) is 0. The van der Waals surface area contributed by atoms with Gasteiger partial charge in [-0.3, -0.25) is 0 Å². The quantitative estimate of drug-likeness (QED) is 0.799. The van der Waals surface area contributed by atoms with Gasteiger partial charge in [-0.2, -0.15) is 10.4 Å². The second-order valence-corrected chi connectivity index (χ2v) is 4.42. The second kappa shape index (κ2) is 3.70. The van der Waals surface area contributed by atoms with Gasteiger partial charge in [0.2, 0.25) is 0 Å². The van der Waals surface area contributed by atoms with Crippen LogP contribution in [0.3, 0.4) is 0 Å². The molecule has 0 bridgehead atoms. The summed E-state index contributed by atoms with van der Waals surface area (Å²) >= 11 is 0. The molecule has 0 atom stereocenters. The van der Waals surface area contributed by atoms with Gasteiger partial charge >= 0.3 is 0 Å². The number of nitriles is 1. The van der Waals surface area contributed by atoms with Gasteiger partial charge in [-0.25, -0.2) is 9.67 Å². The Morgan fingerprint density at radius 2 is 2.06 bits per heavy atom. The molecule has 0 N–H and O–H groups in total. The standard InChI is InChI=1S/C13H12N4/c14-9-13(6-7-13)12-15-10-16-17(12)8-11-4-2-1-3-5-11/h1-5,10H,6-8H2. The SMILES string of the molecule is N#CC1(c2ncnn2Cc2ccccc2)CC1. The molecule has 0 amide bonds. The molecule has 0 aliphatic heterocycles. The Hall–Kier alpha value is -2.15. The summed E-state index contributed by atoms with van der Waals surface area (Å²) in [7, 11) is 0. The van der Waals surface area contributed by atoms with E-state index < -0.39 is 0 Å². The Kier molecular flexibility index (Phi) is 2.19. The van der Waals surface area contributed by atoms with Crippen LogP contribution in [0.5, 0.6) is 0 Å². The van der Waals surface area contributed by atoms with Gasteiger partial charge in [0.1, 0.15) is 17.6 Å². The molecule has 1 fully saturated rings. The third-order valence-corrected chi connectivity index (χ3v) is 3.18. The van der Waals surface area contributed by atoms with Crippen LogP contribution >= 0.6 is 0 Å². The number of benzene rings is 1. The van der Waals surface area contributed by atoms with Crippen molar-refractivity contribution in [1.29, 1.82) is 5.26 Å². The molecule has 84 valence electrons. The zero-order chi connectivity index (χ0) is 11.7. The van der Waals surface area contributed by atoms with E-state index in [1.54, 1.807) is 0 Å². The first kappa shape index (κ1) is 10.0. The van der Waals surface area contributed by atoms with E-state index in [4.69, 9.17) is 0 Å². The van der Waals surface area contributed by atoms with Crippen LogP contribution in [0.25, 0.3) is 0 Å². The predicted molar refractivity (Wildman–Crippen MR) is 62.1 cm³/mol. The highest BCUT2D eigenvalue weighted by Gasteiger charge is 2.49. The van der Waals surface area contributed by atoms with Crippen LogP contribution in [-0.4, -0.2) is 14.8 Å². The van der Waals surface area contributed by atoms with Crippen molar-refractivity contribution in [1.82, 2.24) is 14.8 Å². The maximum Gasteiger partial charge on any atom is 0.147 e. The van der Waals surface area contributed by atoms with Gasteiger partial charge in [0.15, 0.2) is 0 Å². The minimum Gasteiger partial charge on any atom is -0.244 e. The summed E-state index contributed by atoms with van der Waals surface area (Å²) in [6.45, 7) is 0.680. The van der Waals surface area contributed by atoms with Gasteiger partial charge in [-0.1, -0.05) is 30.3 Å². The fourth-order valence-corrected chi connectivity index (χ4v) is 2.02. The largest absolute Gasteiger partial charge is 0.244 e.